The van der Waals surface area contributed by atoms with Crippen molar-refractivity contribution >= 4 is 15.9 Å². The minimum Gasteiger partial charge on any atom is -0.338 e. The number of sulfonamides is 1. The van der Waals surface area contributed by atoms with Gasteiger partial charge in [-0.25, -0.2) is 12.8 Å². The van der Waals surface area contributed by atoms with E-state index in [4.69, 9.17) is 0 Å². The SMILES string of the molecule is O=C(C1CCN(S(=O)(=O)c2ccc(F)cc2)CC1)N1CCCC1CN1CCCC1. The van der Waals surface area contributed by atoms with Gasteiger partial charge in [0.25, 0.3) is 0 Å². The van der Waals surface area contributed by atoms with E-state index in [-0.39, 0.29) is 16.7 Å². The lowest BCUT2D eigenvalue weighted by molar-refractivity contribution is -0.137. The van der Waals surface area contributed by atoms with Crippen molar-refractivity contribution in [1.29, 1.82) is 0 Å². The van der Waals surface area contributed by atoms with Gasteiger partial charge >= 0.3 is 0 Å². The molecule has 0 bridgehead atoms. The molecule has 0 aliphatic carbocycles. The van der Waals surface area contributed by atoms with Crippen molar-refractivity contribution in [3.05, 3.63) is 30.1 Å². The Morgan fingerprint density at radius 3 is 2.24 bits per heavy atom. The van der Waals surface area contributed by atoms with Crippen LogP contribution in [0.2, 0.25) is 0 Å². The van der Waals surface area contributed by atoms with Gasteiger partial charge in [-0.3, -0.25) is 4.79 Å². The molecule has 6 nitrogen and oxygen atoms in total. The van der Waals surface area contributed by atoms with Gasteiger partial charge in [-0.1, -0.05) is 0 Å². The number of hydrogen-bond acceptors (Lipinski definition) is 4. The quantitative estimate of drug-likeness (QED) is 0.729. The van der Waals surface area contributed by atoms with Gasteiger partial charge in [-0.05, 0) is 75.9 Å². The van der Waals surface area contributed by atoms with E-state index in [9.17, 15) is 17.6 Å². The summed E-state index contributed by atoms with van der Waals surface area (Å²) < 4.78 is 40.1. The van der Waals surface area contributed by atoms with Gasteiger partial charge in [0.2, 0.25) is 15.9 Å². The number of halogens is 1. The molecule has 0 saturated carbocycles. The van der Waals surface area contributed by atoms with E-state index in [0.29, 0.717) is 32.0 Å². The molecule has 4 rings (SSSR count). The lowest BCUT2D eigenvalue weighted by atomic mass is 9.96. The van der Waals surface area contributed by atoms with Crippen molar-refractivity contribution in [1.82, 2.24) is 14.1 Å². The number of piperidine rings is 1. The zero-order chi connectivity index (χ0) is 20.4. The van der Waals surface area contributed by atoms with E-state index in [1.54, 1.807) is 0 Å². The Kier molecular flexibility index (Phi) is 6.22. The number of hydrogen-bond donors (Lipinski definition) is 0. The van der Waals surface area contributed by atoms with E-state index >= 15 is 0 Å². The van der Waals surface area contributed by atoms with Crippen LogP contribution in [0.25, 0.3) is 0 Å². The Balaban J connectivity index is 1.35. The molecule has 1 atom stereocenters. The molecule has 3 fully saturated rings. The molecular weight excluding hydrogens is 393 g/mol. The van der Waals surface area contributed by atoms with Gasteiger partial charge in [0.1, 0.15) is 5.82 Å². The number of likely N-dealkylation sites (tertiary alicyclic amines) is 2. The molecule has 1 aromatic rings. The molecule has 1 unspecified atom stereocenters. The molecule has 29 heavy (non-hydrogen) atoms. The van der Waals surface area contributed by atoms with Crippen LogP contribution in [0.3, 0.4) is 0 Å². The Morgan fingerprint density at radius 1 is 0.931 bits per heavy atom. The van der Waals surface area contributed by atoms with Crippen LogP contribution < -0.4 is 0 Å². The van der Waals surface area contributed by atoms with Gasteiger partial charge in [0.05, 0.1) is 4.90 Å². The number of nitrogens with zero attached hydrogens (tertiary/aromatic N) is 3. The molecule has 0 N–H and O–H groups in total. The molecule has 0 radical (unpaired) electrons. The third kappa shape index (κ3) is 4.49. The first kappa shape index (κ1) is 20.8. The van der Waals surface area contributed by atoms with E-state index in [1.807, 2.05) is 0 Å². The van der Waals surface area contributed by atoms with Crippen LogP contribution in [0.15, 0.2) is 29.2 Å². The van der Waals surface area contributed by atoms with Crippen molar-refractivity contribution in [2.75, 3.05) is 39.3 Å². The fraction of sp³-hybridized carbons (Fsp3) is 0.667. The predicted molar refractivity (Wildman–Crippen MR) is 108 cm³/mol. The molecular formula is C21H30FN3O3S. The van der Waals surface area contributed by atoms with Crippen molar-refractivity contribution < 1.29 is 17.6 Å². The topological polar surface area (TPSA) is 60.9 Å². The highest BCUT2D eigenvalue weighted by Crippen LogP contribution is 2.28. The molecule has 1 amide bonds. The summed E-state index contributed by atoms with van der Waals surface area (Å²) in [5.74, 6) is -0.360. The summed E-state index contributed by atoms with van der Waals surface area (Å²) in [4.78, 5) is 17.8. The van der Waals surface area contributed by atoms with E-state index < -0.39 is 15.8 Å². The first-order valence-corrected chi connectivity index (χ1v) is 12.2. The highest BCUT2D eigenvalue weighted by atomic mass is 32.2. The van der Waals surface area contributed by atoms with Crippen molar-refractivity contribution in [2.24, 2.45) is 5.92 Å². The maximum absolute atomic E-state index is 13.1. The van der Waals surface area contributed by atoms with E-state index in [1.165, 1.54) is 29.3 Å². The third-order valence-corrected chi connectivity index (χ3v) is 8.50. The van der Waals surface area contributed by atoms with E-state index in [2.05, 4.69) is 9.80 Å². The number of carbonyl (C=O) groups excluding carboxylic acids is 1. The third-order valence-electron chi connectivity index (χ3n) is 6.58. The summed E-state index contributed by atoms with van der Waals surface area (Å²) in [6, 6.07) is 5.24. The summed E-state index contributed by atoms with van der Waals surface area (Å²) in [6.45, 7) is 4.74. The van der Waals surface area contributed by atoms with E-state index in [0.717, 1.165) is 51.2 Å². The zero-order valence-corrected chi connectivity index (χ0v) is 17.6. The average Bonchev–Trinajstić information content (AvgIpc) is 3.40. The maximum Gasteiger partial charge on any atom is 0.243 e. The fourth-order valence-electron chi connectivity index (χ4n) is 4.91. The largest absolute Gasteiger partial charge is 0.338 e. The maximum atomic E-state index is 13.1. The van der Waals surface area contributed by atoms with Gasteiger partial charge in [-0.15, -0.1) is 0 Å². The molecule has 1 aromatic carbocycles. The molecule has 3 aliphatic heterocycles. The summed E-state index contributed by atoms with van der Waals surface area (Å²) in [7, 11) is -3.64. The molecule has 3 saturated heterocycles. The summed E-state index contributed by atoms with van der Waals surface area (Å²) in [6.07, 6.45) is 5.73. The first-order valence-electron chi connectivity index (χ1n) is 10.7. The van der Waals surface area contributed by atoms with Crippen LogP contribution in [0.4, 0.5) is 4.39 Å². The highest BCUT2D eigenvalue weighted by molar-refractivity contribution is 7.89. The standard InChI is InChI=1S/C21H30FN3O3S/c22-18-5-7-20(8-6-18)29(27,28)24-14-9-17(10-15-24)21(26)25-13-3-4-19(25)16-23-11-1-2-12-23/h5-8,17,19H,1-4,9-16H2. The van der Waals surface area contributed by atoms with Crippen molar-refractivity contribution in [2.45, 2.75) is 49.5 Å². The Bertz CT molecular complexity index is 816. The van der Waals surface area contributed by atoms with Crippen LogP contribution in [-0.2, 0) is 14.8 Å². The number of amides is 1. The van der Waals surface area contributed by atoms with Gasteiger partial charge in [0, 0.05) is 38.1 Å². The van der Waals surface area contributed by atoms with Crippen LogP contribution in [-0.4, -0.2) is 73.7 Å². The van der Waals surface area contributed by atoms with Crippen molar-refractivity contribution in [3.63, 3.8) is 0 Å². The molecule has 8 heteroatoms. The lowest BCUT2D eigenvalue weighted by Crippen LogP contribution is -2.48. The predicted octanol–water partition coefficient (Wildman–Crippen LogP) is 2.31. The average molecular weight is 424 g/mol. The lowest BCUT2D eigenvalue weighted by Gasteiger charge is -2.35. The zero-order valence-electron chi connectivity index (χ0n) is 16.8. The second kappa shape index (κ2) is 8.70. The van der Waals surface area contributed by atoms with Crippen LogP contribution in [0, 0.1) is 11.7 Å². The minimum absolute atomic E-state index is 0.103. The monoisotopic (exact) mass is 423 g/mol. The smallest absolute Gasteiger partial charge is 0.243 e. The second-order valence-electron chi connectivity index (χ2n) is 8.47. The summed E-state index contributed by atoms with van der Waals surface area (Å²) in [5.41, 5.74) is 0. The number of rotatable bonds is 5. The van der Waals surface area contributed by atoms with Crippen LogP contribution >= 0.6 is 0 Å². The Labute approximate surface area is 172 Å². The molecule has 0 spiro atoms. The van der Waals surface area contributed by atoms with Crippen molar-refractivity contribution in [3.8, 4) is 0 Å². The van der Waals surface area contributed by atoms with Crippen LogP contribution in [0.1, 0.15) is 38.5 Å². The Hall–Kier alpha value is -1.51. The highest BCUT2D eigenvalue weighted by Gasteiger charge is 2.37. The summed E-state index contributed by atoms with van der Waals surface area (Å²) >= 11 is 0. The number of carbonyl (C=O) groups is 1. The molecule has 0 aromatic heterocycles. The molecule has 160 valence electrons. The second-order valence-corrected chi connectivity index (χ2v) is 10.4. The van der Waals surface area contributed by atoms with Gasteiger partial charge in [-0.2, -0.15) is 4.31 Å². The first-order chi connectivity index (χ1) is 13.9. The fourth-order valence-corrected chi connectivity index (χ4v) is 6.38. The molecule has 3 aliphatic rings. The Morgan fingerprint density at radius 2 is 1.59 bits per heavy atom. The number of benzene rings is 1. The summed E-state index contributed by atoms with van der Waals surface area (Å²) in [5, 5.41) is 0. The van der Waals surface area contributed by atoms with Crippen LogP contribution in [0.5, 0.6) is 0 Å². The minimum atomic E-state index is -3.64. The normalized spacial score (nSPS) is 25.0. The molecule has 3 heterocycles. The van der Waals surface area contributed by atoms with Gasteiger partial charge in [0.15, 0.2) is 0 Å². The van der Waals surface area contributed by atoms with Gasteiger partial charge < -0.3 is 9.80 Å².